The number of nitrogens with two attached hydrogens (primary N) is 1. The van der Waals surface area contributed by atoms with Crippen LogP contribution in [0.25, 0.3) is 0 Å². The van der Waals surface area contributed by atoms with Crippen molar-refractivity contribution in [3.05, 3.63) is 47.2 Å². The molecule has 100 valence electrons. The number of ether oxygens (including phenoxy) is 1. The molecule has 0 unspecified atom stereocenters. The maximum absolute atomic E-state index is 14.0. The molecule has 4 nitrogen and oxygen atoms in total. The van der Waals surface area contributed by atoms with E-state index in [1.54, 1.807) is 6.07 Å². The van der Waals surface area contributed by atoms with Gasteiger partial charge in [0.2, 0.25) is 5.82 Å². The van der Waals surface area contributed by atoms with Crippen molar-refractivity contribution in [2.24, 2.45) is 5.73 Å². The number of aromatic nitrogens is 2. The van der Waals surface area contributed by atoms with Gasteiger partial charge in [-0.25, -0.2) is 4.98 Å². The number of nitrogens with zero attached hydrogens (tertiary/aromatic N) is 2. The molecule has 19 heavy (non-hydrogen) atoms. The van der Waals surface area contributed by atoms with Gasteiger partial charge in [0, 0.05) is 6.54 Å². The summed E-state index contributed by atoms with van der Waals surface area (Å²) in [6.45, 7) is 4.12. The highest BCUT2D eigenvalue weighted by molar-refractivity contribution is 5.39. The fraction of sp³-hybridized carbons (Fsp3) is 0.286. The van der Waals surface area contributed by atoms with Gasteiger partial charge in [0.05, 0.1) is 5.69 Å². The van der Waals surface area contributed by atoms with Gasteiger partial charge in [0.15, 0.2) is 0 Å². The minimum atomic E-state index is -0.512. The third kappa shape index (κ3) is 2.88. The summed E-state index contributed by atoms with van der Waals surface area (Å²) in [5.74, 6) is -0.00530. The van der Waals surface area contributed by atoms with Gasteiger partial charge in [-0.2, -0.15) is 9.37 Å². The summed E-state index contributed by atoms with van der Waals surface area (Å²) >= 11 is 0. The molecule has 0 aliphatic carbocycles. The summed E-state index contributed by atoms with van der Waals surface area (Å²) in [6, 6.07) is 5.59. The van der Waals surface area contributed by atoms with E-state index < -0.39 is 5.82 Å². The van der Waals surface area contributed by atoms with E-state index in [0.29, 0.717) is 24.4 Å². The number of benzene rings is 1. The van der Waals surface area contributed by atoms with Gasteiger partial charge in [0.1, 0.15) is 12.1 Å². The number of rotatable bonds is 4. The van der Waals surface area contributed by atoms with Crippen molar-refractivity contribution in [2.75, 3.05) is 0 Å². The zero-order chi connectivity index (χ0) is 13.8. The Kier molecular flexibility index (Phi) is 4.06. The van der Waals surface area contributed by atoms with Gasteiger partial charge in [0.25, 0.3) is 5.88 Å². The lowest BCUT2D eigenvalue weighted by Gasteiger charge is -2.10. The average molecular weight is 261 g/mol. The maximum atomic E-state index is 14.0. The Morgan fingerprint density at radius 1 is 1.32 bits per heavy atom. The molecule has 2 N–H and O–H groups in total. The van der Waals surface area contributed by atoms with Gasteiger partial charge in [-0.15, -0.1) is 0 Å². The van der Waals surface area contributed by atoms with Crippen LogP contribution in [0.15, 0.2) is 24.5 Å². The predicted molar refractivity (Wildman–Crippen MR) is 70.5 cm³/mol. The topological polar surface area (TPSA) is 61.0 Å². The minimum Gasteiger partial charge on any atom is -0.436 e. The average Bonchev–Trinajstić information content (AvgIpc) is 2.43. The first-order chi connectivity index (χ1) is 9.15. The number of halogens is 1. The highest BCUT2D eigenvalue weighted by atomic mass is 19.1. The molecule has 0 atom stereocenters. The van der Waals surface area contributed by atoms with Crippen LogP contribution in [-0.4, -0.2) is 9.97 Å². The summed E-state index contributed by atoms with van der Waals surface area (Å²) in [4.78, 5) is 7.71. The Morgan fingerprint density at radius 3 is 2.79 bits per heavy atom. The molecule has 2 aromatic rings. The highest BCUT2D eigenvalue weighted by Gasteiger charge is 2.13. The van der Waals surface area contributed by atoms with E-state index >= 15 is 0 Å². The zero-order valence-corrected chi connectivity index (χ0v) is 11.0. The Morgan fingerprint density at radius 2 is 2.11 bits per heavy atom. The van der Waals surface area contributed by atoms with Gasteiger partial charge in [-0.1, -0.05) is 19.1 Å². The van der Waals surface area contributed by atoms with Crippen LogP contribution in [0.1, 0.15) is 23.7 Å². The van der Waals surface area contributed by atoms with E-state index in [1.807, 2.05) is 26.0 Å². The van der Waals surface area contributed by atoms with Gasteiger partial charge >= 0.3 is 0 Å². The second-order valence-corrected chi connectivity index (χ2v) is 4.20. The number of hydrogen-bond donors (Lipinski definition) is 1. The molecule has 0 aliphatic heterocycles. The van der Waals surface area contributed by atoms with Crippen LogP contribution < -0.4 is 10.5 Å². The minimum absolute atomic E-state index is 0.0517. The summed E-state index contributed by atoms with van der Waals surface area (Å²) < 4.78 is 19.5. The van der Waals surface area contributed by atoms with E-state index in [4.69, 9.17) is 10.5 Å². The second kappa shape index (κ2) is 5.75. The molecular weight excluding hydrogens is 245 g/mol. The predicted octanol–water partition coefficient (Wildman–Crippen LogP) is 2.74. The fourth-order valence-electron chi connectivity index (χ4n) is 1.69. The molecule has 0 spiro atoms. The molecule has 1 aromatic carbocycles. The smallest absolute Gasteiger partial charge is 0.259 e. The van der Waals surface area contributed by atoms with Crippen LogP contribution in [0.5, 0.6) is 11.6 Å². The largest absolute Gasteiger partial charge is 0.436 e. The molecule has 1 aromatic heterocycles. The van der Waals surface area contributed by atoms with Crippen LogP contribution in [0.2, 0.25) is 0 Å². The van der Waals surface area contributed by atoms with E-state index in [2.05, 4.69) is 9.97 Å². The summed E-state index contributed by atoms with van der Waals surface area (Å²) in [5, 5.41) is 0. The molecule has 0 radical (unpaired) electrons. The summed E-state index contributed by atoms with van der Waals surface area (Å²) in [7, 11) is 0. The first kappa shape index (κ1) is 13.4. The van der Waals surface area contributed by atoms with Crippen LogP contribution in [0.3, 0.4) is 0 Å². The third-order valence-electron chi connectivity index (χ3n) is 2.86. The molecule has 0 saturated carbocycles. The van der Waals surface area contributed by atoms with E-state index in [9.17, 15) is 4.39 Å². The monoisotopic (exact) mass is 261 g/mol. The van der Waals surface area contributed by atoms with Crippen molar-refractivity contribution in [1.82, 2.24) is 9.97 Å². The third-order valence-corrected chi connectivity index (χ3v) is 2.86. The Labute approximate surface area is 111 Å². The first-order valence-corrected chi connectivity index (χ1v) is 6.12. The quantitative estimate of drug-likeness (QED) is 0.919. The van der Waals surface area contributed by atoms with Crippen LogP contribution in [0, 0.1) is 12.7 Å². The number of hydrogen-bond acceptors (Lipinski definition) is 4. The SMILES string of the molecule is CCc1ncnc(Oc2cc(CN)ccc2C)c1F. The van der Waals surface area contributed by atoms with Gasteiger partial charge < -0.3 is 10.5 Å². The molecule has 5 heteroatoms. The highest BCUT2D eigenvalue weighted by Crippen LogP contribution is 2.27. The standard InChI is InChI=1S/C14H16FN3O/c1-3-11-13(15)14(18-8-17-11)19-12-6-10(7-16)5-4-9(12)2/h4-6,8H,3,7,16H2,1-2H3. The molecule has 2 rings (SSSR count). The molecule has 0 aliphatic rings. The Bertz CT molecular complexity index is 587. The molecule has 1 heterocycles. The Balaban J connectivity index is 2.36. The van der Waals surface area contributed by atoms with Gasteiger partial charge in [-0.3, -0.25) is 0 Å². The van der Waals surface area contributed by atoms with Crippen molar-refractivity contribution in [3.63, 3.8) is 0 Å². The Hall–Kier alpha value is -2.01. The molecule has 0 fully saturated rings. The van der Waals surface area contributed by atoms with Crippen molar-refractivity contribution >= 4 is 0 Å². The molecule has 0 amide bonds. The summed E-state index contributed by atoms with van der Waals surface area (Å²) in [6.07, 6.45) is 1.80. The fourth-order valence-corrected chi connectivity index (χ4v) is 1.69. The van der Waals surface area contributed by atoms with E-state index in [-0.39, 0.29) is 5.88 Å². The maximum Gasteiger partial charge on any atom is 0.259 e. The summed E-state index contributed by atoms with van der Waals surface area (Å²) in [5.41, 5.74) is 7.75. The zero-order valence-electron chi connectivity index (χ0n) is 11.0. The van der Waals surface area contributed by atoms with Crippen molar-refractivity contribution in [2.45, 2.75) is 26.8 Å². The lowest BCUT2D eigenvalue weighted by molar-refractivity contribution is 0.412. The van der Waals surface area contributed by atoms with Crippen LogP contribution in [0.4, 0.5) is 4.39 Å². The van der Waals surface area contributed by atoms with Gasteiger partial charge in [-0.05, 0) is 30.5 Å². The van der Waals surface area contributed by atoms with Crippen molar-refractivity contribution in [1.29, 1.82) is 0 Å². The normalized spacial score (nSPS) is 10.5. The first-order valence-electron chi connectivity index (χ1n) is 6.12. The molecule has 0 saturated heterocycles. The lowest BCUT2D eigenvalue weighted by atomic mass is 10.1. The van der Waals surface area contributed by atoms with E-state index in [0.717, 1.165) is 11.1 Å². The lowest BCUT2D eigenvalue weighted by Crippen LogP contribution is -2.01. The second-order valence-electron chi connectivity index (χ2n) is 4.20. The van der Waals surface area contributed by atoms with Crippen molar-refractivity contribution < 1.29 is 9.13 Å². The van der Waals surface area contributed by atoms with Crippen molar-refractivity contribution in [3.8, 4) is 11.6 Å². The molecule has 0 bridgehead atoms. The van der Waals surface area contributed by atoms with E-state index in [1.165, 1.54) is 6.33 Å². The number of aryl methyl sites for hydroxylation is 2. The molecular formula is C14H16FN3O. The van der Waals surface area contributed by atoms with Crippen LogP contribution in [-0.2, 0) is 13.0 Å². The van der Waals surface area contributed by atoms with Crippen LogP contribution >= 0.6 is 0 Å².